The Hall–Kier alpha value is -2.23. The summed E-state index contributed by atoms with van der Waals surface area (Å²) in [4.78, 5) is 0. The molecule has 0 atom stereocenters. The molecule has 112 valence electrons. The standard InChI is InChI=1S/C18H18FN3/c1-12(2)15-4-3-11-22-16(15)20-21-17(22)18(9-10-18)13-5-7-14(19)8-6-13/h3-8,11-12H,9-10H2,1-2H3. The smallest absolute Gasteiger partial charge is 0.164 e. The highest BCUT2D eigenvalue weighted by Crippen LogP contribution is 2.52. The molecule has 0 bridgehead atoms. The van der Waals surface area contributed by atoms with E-state index in [0.717, 1.165) is 29.9 Å². The molecule has 1 fully saturated rings. The van der Waals surface area contributed by atoms with Gasteiger partial charge in [-0.05, 0) is 48.1 Å². The third kappa shape index (κ3) is 1.86. The average Bonchev–Trinajstić information content (AvgIpc) is 3.20. The topological polar surface area (TPSA) is 30.2 Å². The second-order valence-electron chi connectivity index (χ2n) is 6.42. The van der Waals surface area contributed by atoms with Gasteiger partial charge in [-0.1, -0.05) is 32.0 Å². The largest absolute Gasteiger partial charge is 0.285 e. The minimum atomic E-state index is -0.201. The van der Waals surface area contributed by atoms with E-state index in [2.05, 4.69) is 40.6 Å². The fraction of sp³-hybridized carbons (Fsp3) is 0.333. The second-order valence-corrected chi connectivity index (χ2v) is 6.42. The highest BCUT2D eigenvalue weighted by Gasteiger charge is 2.49. The molecule has 3 nitrogen and oxygen atoms in total. The van der Waals surface area contributed by atoms with Gasteiger partial charge in [0.2, 0.25) is 0 Å². The number of hydrogen-bond acceptors (Lipinski definition) is 2. The van der Waals surface area contributed by atoms with Crippen molar-refractivity contribution in [2.24, 2.45) is 0 Å². The first kappa shape index (κ1) is 13.4. The Morgan fingerprint density at radius 3 is 2.45 bits per heavy atom. The molecule has 1 aromatic carbocycles. The van der Waals surface area contributed by atoms with Gasteiger partial charge in [0.05, 0.1) is 5.41 Å². The minimum absolute atomic E-state index is 0.108. The van der Waals surface area contributed by atoms with Crippen LogP contribution in [0.3, 0.4) is 0 Å². The highest BCUT2D eigenvalue weighted by molar-refractivity contribution is 5.52. The molecule has 1 aliphatic rings. The maximum atomic E-state index is 13.2. The lowest BCUT2D eigenvalue weighted by atomic mass is 9.95. The molecule has 0 radical (unpaired) electrons. The summed E-state index contributed by atoms with van der Waals surface area (Å²) in [5.74, 6) is 1.17. The number of benzene rings is 1. The van der Waals surface area contributed by atoms with Crippen LogP contribution >= 0.6 is 0 Å². The molecule has 3 aromatic rings. The molecule has 0 unspecified atom stereocenters. The molecular weight excluding hydrogens is 277 g/mol. The molecule has 2 aromatic heterocycles. The van der Waals surface area contributed by atoms with Crippen LogP contribution in [0.5, 0.6) is 0 Å². The van der Waals surface area contributed by atoms with Gasteiger partial charge in [0.1, 0.15) is 11.6 Å². The number of pyridine rings is 1. The first-order valence-electron chi connectivity index (χ1n) is 7.72. The van der Waals surface area contributed by atoms with E-state index in [1.165, 1.54) is 17.7 Å². The van der Waals surface area contributed by atoms with Crippen LogP contribution in [0.2, 0.25) is 0 Å². The predicted molar refractivity (Wildman–Crippen MR) is 83.5 cm³/mol. The molecule has 22 heavy (non-hydrogen) atoms. The van der Waals surface area contributed by atoms with Crippen molar-refractivity contribution in [3.05, 3.63) is 65.4 Å². The Morgan fingerprint density at radius 2 is 1.82 bits per heavy atom. The van der Waals surface area contributed by atoms with E-state index < -0.39 is 0 Å². The molecule has 1 saturated carbocycles. The Labute approximate surface area is 128 Å². The molecule has 4 heteroatoms. The van der Waals surface area contributed by atoms with Crippen LogP contribution in [-0.2, 0) is 5.41 Å². The van der Waals surface area contributed by atoms with Crippen LogP contribution in [0.1, 0.15) is 49.6 Å². The van der Waals surface area contributed by atoms with Gasteiger partial charge in [-0.15, -0.1) is 10.2 Å². The molecule has 0 spiro atoms. The molecular formula is C18H18FN3. The molecule has 0 aliphatic heterocycles. The van der Waals surface area contributed by atoms with Crippen LogP contribution in [0, 0.1) is 5.82 Å². The lowest BCUT2D eigenvalue weighted by molar-refractivity contribution is 0.625. The van der Waals surface area contributed by atoms with Gasteiger partial charge in [0, 0.05) is 6.20 Å². The lowest BCUT2D eigenvalue weighted by Crippen LogP contribution is -2.13. The fourth-order valence-electron chi connectivity index (χ4n) is 3.25. The van der Waals surface area contributed by atoms with E-state index >= 15 is 0 Å². The number of hydrogen-bond donors (Lipinski definition) is 0. The van der Waals surface area contributed by atoms with E-state index in [9.17, 15) is 4.39 Å². The van der Waals surface area contributed by atoms with Gasteiger partial charge in [-0.2, -0.15) is 0 Å². The van der Waals surface area contributed by atoms with Crippen LogP contribution in [0.25, 0.3) is 5.65 Å². The van der Waals surface area contributed by atoms with Gasteiger partial charge in [-0.3, -0.25) is 4.40 Å². The van der Waals surface area contributed by atoms with Crippen LogP contribution in [0.15, 0.2) is 42.6 Å². The summed E-state index contributed by atoms with van der Waals surface area (Å²) in [6.45, 7) is 4.33. The summed E-state index contributed by atoms with van der Waals surface area (Å²) >= 11 is 0. The zero-order valence-electron chi connectivity index (χ0n) is 12.8. The monoisotopic (exact) mass is 295 g/mol. The van der Waals surface area contributed by atoms with Crippen molar-refractivity contribution >= 4 is 5.65 Å². The van der Waals surface area contributed by atoms with Crippen molar-refractivity contribution < 1.29 is 4.39 Å². The summed E-state index contributed by atoms with van der Waals surface area (Å²) in [5.41, 5.74) is 3.15. The minimum Gasteiger partial charge on any atom is -0.285 e. The second kappa shape index (κ2) is 4.63. The third-order valence-electron chi connectivity index (χ3n) is 4.66. The van der Waals surface area contributed by atoms with Gasteiger partial charge in [-0.25, -0.2) is 4.39 Å². The first-order chi connectivity index (χ1) is 10.6. The molecule has 0 amide bonds. The molecule has 0 saturated heterocycles. The Morgan fingerprint density at radius 1 is 1.09 bits per heavy atom. The molecule has 4 rings (SSSR count). The Kier molecular flexibility index (Phi) is 2.83. The zero-order valence-corrected chi connectivity index (χ0v) is 12.8. The highest BCUT2D eigenvalue weighted by atomic mass is 19.1. The molecule has 0 N–H and O–H groups in total. The number of halogens is 1. The number of nitrogens with zero attached hydrogens (tertiary/aromatic N) is 3. The number of rotatable bonds is 3. The van der Waals surface area contributed by atoms with Crippen molar-refractivity contribution in [3.8, 4) is 0 Å². The summed E-state index contributed by atoms with van der Waals surface area (Å²) in [6.07, 6.45) is 4.09. The van der Waals surface area contributed by atoms with Crippen LogP contribution < -0.4 is 0 Å². The Balaban J connectivity index is 1.88. The summed E-state index contributed by atoms with van der Waals surface area (Å²) in [5, 5.41) is 8.92. The van der Waals surface area contributed by atoms with E-state index in [4.69, 9.17) is 0 Å². The Bertz CT molecular complexity index is 829. The van der Waals surface area contributed by atoms with Crippen LogP contribution in [-0.4, -0.2) is 14.6 Å². The predicted octanol–water partition coefficient (Wildman–Crippen LogP) is 4.07. The van der Waals surface area contributed by atoms with Crippen molar-refractivity contribution in [3.63, 3.8) is 0 Å². The van der Waals surface area contributed by atoms with Crippen molar-refractivity contribution in [1.82, 2.24) is 14.6 Å². The average molecular weight is 295 g/mol. The summed E-state index contributed by atoms with van der Waals surface area (Å²) in [6, 6.07) is 11.0. The van der Waals surface area contributed by atoms with E-state index in [1.807, 2.05) is 18.3 Å². The number of aromatic nitrogens is 3. The van der Waals surface area contributed by atoms with E-state index in [-0.39, 0.29) is 11.2 Å². The maximum Gasteiger partial charge on any atom is 0.164 e. The van der Waals surface area contributed by atoms with E-state index in [0.29, 0.717) is 5.92 Å². The first-order valence-corrected chi connectivity index (χ1v) is 7.72. The summed E-state index contributed by atoms with van der Waals surface area (Å²) in [7, 11) is 0. The molecule has 1 aliphatic carbocycles. The van der Waals surface area contributed by atoms with Crippen LogP contribution in [0.4, 0.5) is 4.39 Å². The lowest BCUT2D eigenvalue weighted by Gasteiger charge is -2.14. The normalized spacial score (nSPS) is 16.4. The van der Waals surface area contributed by atoms with Crippen molar-refractivity contribution in [2.45, 2.75) is 38.0 Å². The SMILES string of the molecule is CC(C)c1cccn2c(C3(c4ccc(F)cc4)CC3)nnc12. The van der Waals surface area contributed by atoms with Gasteiger partial charge in [0.15, 0.2) is 5.65 Å². The van der Waals surface area contributed by atoms with Gasteiger partial charge < -0.3 is 0 Å². The fourth-order valence-corrected chi connectivity index (χ4v) is 3.25. The van der Waals surface area contributed by atoms with Crippen molar-refractivity contribution in [1.29, 1.82) is 0 Å². The number of fused-ring (bicyclic) bond motifs is 1. The summed E-state index contributed by atoms with van der Waals surface area (Å²) < 4.78 is 15.3. The maximum absolute atomic E-state index is 13.2. The zero-order chi connectivity index (χ0) is 15.3. The van der Waals surface area contributed by atoms with Gasteiger partial charge in [0.25, 0.3) is 0 Å². The third-order valence-corrected chi connectivity index (χ3v) is 4.66. The quantitative estimate of drug-likeness (QED) is 0.729. The molecule has 2 heterocycles. The van der Waals surface area contributed by atoms with Gasteiger partial charge >= 0.3 is 0 Å². The van der Waals surface area contributed by atoms with E-state index in [1.54, 1.807) is 0 Å². The van der Waals surface area contributed by atoms with Crippen molar-refractivity contribution in [2.75, 3.05) is 0 Å².